The zero-order chi connectivity index (χ0) is 14.8. The monoisotopic (exact) mass is 348 g/mol. The van der Waals surface area contributed by atoms with Gasteiger partial charge in [0.1, 0.15) is 11.6 Å². The average molecular weight is 349 g/mol. The number of alkyl halides is 4. The Morgan fingerprint density at radius 1 is 1.00 bits per heavy atom. The Kier molecular flexibility index (Phi) is 4.32. The smallest absolute Gasteiger partial charge is 0.405 e. The second-order valence-corrected chi connectivity index (χ2v) is 4.55. The average Bonchev–Trinajstić information content (AvgIpc) is 2.38. The van der Waals surface area contributed by atoms with Gasteiger partial charge >= 0.3 is 6.36 Å². The maximum absolute atomic E-state index is 13.9. The fourth-order valence-electron chi connectivity index (χ4n) is 1.76. The van der Waals surface area contributed by atoms with Gasteiger partial charge in [0.15, 0.2) is 0 Å². The summed E-state index contributed by atoms with van der Waals surface area (Å²) in [5.74, 6) is -1.03. The van der Waals surface area contributed by atoms with Crippen LogP contribution in [0.3, 0.4) is 0 Å². The van der Waals surface area contributed by atoms with Crippen LogP contribution in [0.15, 0.2) is 42.5 Å². The molecule has 0 unspecified atom stereocenters. The van der Waals surface area contributed by atoms with Crippen molar-refractivity contribution in [3.05, 3.63) is 53.8 Å². The van der Waals surface area contributed by atoms with Gasteiger partial charge in [-0.05, 0) is 23.8 Å². The molecule has 0 N–H and O–H groups in total. The lowest BCUT2D eigenvalue weighted by molar-refractivity contribution is -0.274. The molecule has 0 heterocycles. The zero-order valence-electron chi connectivity index (χ0n) is 10.0. The molecule has 2 aromatic carbocycles. The Morgan fingerprint density at radius 3 is 2.35 bits per heavy atom. The van der Waals surface area contributed by atoms with Gasteiger partial charge in [0, 0.05) is 16.5 Å². The topological polar surface area (TPSA) is 9.23 Å². The lowest BCUT2D eigenvalue weighted by Gasteiger charge is -2.14. The molecular weight excluding hydrogens is 340 g/mol. The lowest BCUT2D eigenvalue weighted by atomic mass is 10.0. The molecule has 0 aliphatic carbocycles. The van der Waals surface area contributed by atoms with E-state index in [4.69, 9.17) is 0 Å². The highest BCUT2D eigenvalue weighted by molar-refractivity contribution is 9.08. The number of halogens is 5. The van der Waals surface area contributed by atoms with Crippen molar-refractivity contribution in [1.82, 2.24) is 0 Å². The predicted octanol–water partition coefficient (Wildman–Crippen LogP) is 5.29. The maximum Gasteiger partial charge on any atom is 0.573 e. The van der Waals surface area contributed by atoms with Crippen LogP contribution < -0.4 is 4.74 Å². The first-order chi connectivity index (χ1) is 9.40. The van der Waals surface area contributed by atoms with Gasteiger partial charge in [-0.3, -0.25) is 0 Å². The van der Waals surface area contributed by atoms with Gasteiger partial charge < -0.3 is 4.74 Å². The molecule has 0 fully saturated rings. The first-order valence-electron chi connectivity index (χ1n) is 5.60. The van der Waals surface area contributed by atoms with Crippen LogP contribution in [0.1, 0.15) is 5.56 Å². The Morgan fingerprint density at radius 2 is 1.70 bits per heavy atom. The summed E-state index contributed by atoms with van der Waals surface area (Å²) in [6.07, 6.45) is -4.82. The molecule has 0 saturated carbocycles. The van der Waals surface area contributed by atoms with E-state index in [1.807, 2.05) is 0 Å². The van der Waals surface area contributed by atoms with E-state index in [2.05, 4.69) is 20.7 Å². The number of para-hydroxylation sites is 1. The molecule has 0 bridgehead atoms. The van der Waals surface area contributed by atoms with Crippen molar-refractivity contribution in [1.29, 1.82) is 0 Å². The third-order valence-electron chi connectivity index (χ3n) is 2.59. The summed E-state index contributed by atoms with van der Waals surface area (Å²) in [5, 5.41) is 0.475. The fourth-order valence-corrected chi connectivity index (χ4v) is 2.11. The third kappa shape index (κ3) is 3.50. The lowest BCUT2D eigenvalue weighted by Crippen LogP contribution is -2.17. The summed E-state index contributed by atoms with van der Waals surface area (Å²) in [4.78, 5) is 0. The summed E-state index contributed by atoms with van der Waals surface area (Å²) in [6, 6.07) is 9.73. The van der Waals surface area contributed by atoms with Crippen molar-refractivity contribution in [2.24, 2.45) is 0 Å². The van der Waals surface area contributed by atoms with Crippen LogP contribution in [-0.2, 0) is 5.33 Å². The van der Waals surface area contributed by atoms with Crippen LogP contribution in [0.25, 0.3) is 11.1 Å². The van der Waals surface area contributed by atoms with Crippen LogP contribution in [-0.4, -0.2) is 6.36 Å². The van der Waals surface area contributed by atoms with Gasteiger partial charge in [0.25, 0.3) is 0 Å². The highest BCUT2D eigenvalue weighted by atomic mass is 79.9. The molecule has 20 heavy (non-hydrogen) atoms. The Balaban J connectivity index is 2.52. The molecule has 0 aliphatic heterocycles. The summed E-state index contributed by atoms with van der Waals surface area (Å²) in [6.45, 7) is 0. The summed E-state index contributed by atoms with van der Waals surface area (Å²) < 4.78 is 54.9. The van der Waals surface area contributed by atoms with Crippen LogP contribution in [0.4, 0.5) is 17.6 Å². The Hall–Kier alpha value is -1.56. The van der Waals surface area contributed by atoms with Gasteiger partial charge in [-0.25, -0.2) is 4.39 Å². The highest BCUT2D eigenvalue weighted by Gasteiger charge is 2.32. The number of hydrogen-bond acceptors (Lipinski definition) is 1. The molecule has 0 aromatic heterocycles. The number of hydrogen-bond donors (Lipinski definition) is 0. The molecule has 1 nitrogen and oxygen atoms in total. The molecule has 6 heteroatoms. The molecule has 2 aromatic rings. The second-order valence-electron chi connectivity index (χ2n) is 3.99. The van der Waals surface area contributed by atoms with E-state index in [-0.39, 0.29) is 11.1 Å². The molecule has 0 spiro atoms. The van der Waals surface area contributed by atoms with Crippen molar-refractivity contribution in [2.45, 2.75) is 11.7 Å². The Bertz CT molecular complexity index is 610. The predicted molar refractivity (Wildman–Crippen MR) is 71.2 cm³/mol. The SMILES string of the molecule is Fc1ccc(CBr)cc1-c1ccccc1OC(F)(F)F. The van der Waals surface area contributed by atoms with Gasteiger partial charge in [0.05, 0.1) is 0 Å². The molecule has 0 atom stereocenters. The minimum Gasteiger partial charge on any atom is -0.405 e. The minimum absolute atomic E-state index is 0.0603. The number of benzene rings is 2. The van der Waals surface area contributed by atoms with E-state index in [1.54, 1.807) is 6.07 Å². The third-order valence-corrected chi connectivity index (χ3v) is 3.24. The summed E-state index contributed by atoms with van der Waals surface area (Å²) in [7, 11) is 0. The van der Waals surface area contributed by atoms with Crippen LogP contribution in [0.5, 0.6) is 5.75 Å². The number of ether oxygens (including phenoxy) is 1. The van der Waals surface area contributed by atoms with Gasteiger partial charge in [0.2, 0.25) is 0 Å². The van der Waals surface area contributed by atoms with Crippen LogP contribution in [0, 0.1) is 5.82 Å². The van der Waals surface area contributed by atoms with E-state index in [0.29, 0.717) is 5.33 Å². The van der Waals surface area contributed by atoms with Crippen molar-refractivity contribution in [3.8, 4) is 16.9 Å². The van der Waals surface area contributed by atoms with Gasteiger partial charge in [-0.2, -0.15) is 0 Å². The molecule has 0 saturated heterocycles. The second kappa shape index (κ2) is 5.83. The fraction of sp³-hybridized carbons (Fsp3) is 0.143. The van der Waals surface area contributed by atoms with E-state index in [1.165, 1.54) is 30.3 Å². The molecule has 106 valence electrons. The van der Waals surface area contributed by atoms with Crippen molar-refractivity contribution < 1.29 is 22.3 Å². The minimum atomic E-state index is -4.82. The first-order valence-corrected chi connectivity index (χ1v) is 6.72. The number of rotatable bonds is 3. The Labute approximate surface area is 121 Å². The van der Waals surface area contributed by atoms with Gasteiger partial charge in [-0.15, -0.1) is 13.2 Å². The summed E-state index contributed by atoms with van der Waals surface area (Å²) in [5.41, 5.74) is 0.884. The maximum atomic E-state index is 13.9. The normalized spacial score (nSPS) is 11.4. The van der Waals surface area contributed by atoms with Crippen molar-refractivity contribution >= 4 is 15.9 Å². The standard InChI is InChI=1S/C14H9BrF4O/c15-8-9-5-6-12(16)11(7-9)10-3-1-2-4-13(10)20-14(17,18)19/h1-7H,8H2. The zero-order valence-corrected chi connectivity index (χ0v) is 11.6. The van der Waals surface area contributed by atoms with Gasteiger partial charge in [-0.1, -0.05) is 40.2 Å². The molecular formula is C14H9BrF4O. The molecule has 0 radical (unpaired) electrons. The molecule has 2 rings (SSSR count). The van der Waals surface area contributed by atoms with E-state index >= 15 is 0 Å². The van der Waals surface area contributed by atoms with E-state index in [0.717, 1.165) is 11.6 Å². The van der Waals surface area contributed by atoms with E-state index < -0.39 is 17.9 Å². The quantitative estimate of drug-likeness (QED) is 0.541. The molecule has 0 amide bonds. The largest absolute Gasteiger partial charge is 0.573 e. The van der Waals surface area contributed by atoms with E-state index in [9.17, 15) is 17.6 Å². The van der Waals surface area contributed by atoms with Crippen LogP contribution >= 0.6 is 15.9 Å². The van der Waals surface area contributed by atoms with Crippen molar-refractivity contribution in [2.75, 3.05) is 0 Å². The van der Waals surface area contributed by atoms with Crippen LogP contribution in [0.2, 0.25) is 0 Å². The molecule has 0 aliphatic rings. The summed E-state index contributed by atoms with van der Waals surface area (Å²) >= 11 is 3.22. The highest BCUT2D eigenvalue weighted by Crippen LogP contribution is 2.35. The first kappa shape index (κ1) is 14.8. The van der Waals surface area contributed by atoms with Crippen molar-refractivity contribution in [3.63, 3.8) is 0 Å².